The molecule has 5 rings (SSSR count). The molecule has 186 valence electrons. The molecule has 36 heavy (non-hydrogen) atoms. The Kier molecular flexibility index (Phi) is 6.75. The van der Waals surface area contributed by atoms with Gasteiger partial charge in [0.1, 0.15) is 11.3 Å². The third kappa shape index (κ3) is 5.58. The summed E-state index contributed by atoms with van der Waals surface area (Å²) < 4.78 is 25.7. The fourth-order valence-electron chi connectivity index (χ4n) is 4.11. The summed E-state index contributed by atoms with van der Waals surface area (Å²) in [5, 5.41) is 2.71. The Morgan fingerprint density at radius 3 is 2.81 bits per heavy atom. The van der Waals surface area contributed by atoms with E-state index in [0.29, 0.717) is 53.1 Å². The van der Waals surface area contributed by atoms with E-state index in [1.54, 1.807) is 30.5 Å². The van der Waals surface area contributed by atoms with Crippen molar-refractivity contribution in [2.45, 2.75) is 6.54 Å². The van der Waals surface area contributed by atoms with Gasteiger partial charge in [0, 0.05) is 43.1 Å². The largest absolute Gasteiger partial charge is 0.437 e. The summed E-state index contributed by atoms with van der Waals surface area (Å²) in [6.07, 6.45) is 4.64. The van der Waals surface area contributed by atoms with Crippen molar-refractivity contribution in [2.24, 2.45) is 0 Å². The van der Waals surface area contributed by atoms with Gasteiger partial charge in [-0.25, -0.2) is 9.97 Å². The first kappa shape index (κ1) is 24.0. The van der Waals surface area contributed by atoms with E-state index in [-0.39, 0.29) is 5.91 Å². The second-order valence-corrected chi connectivity index (χ2v) is 11.0. The average molecular weight is 506 g/mol. The van der Waals surface area contributed by atoms with E-state index < -0.39 is 10.6 Å². The molecule has 0 saturated carbocycles. The van der Waals surface area contributed by atoms with Crippen molar-refractivity contribution >= 4 is 33.3 Å². The van der Waals surface area contributed by atoms with Crippen LogP contribution >= 0.6 is 10.6 Å². The molecule has 1 aliphatic heterocycles. The summed E-state index contributed by atoms with van der Waals surface area (Å²) >= 11 is 0. The van der Waals surface area contributed by atoms with E-state index in [9.17, 15) is 13.9 Å². The zero-order valence-corrected chi connectivity index (χ0v) is 20.4. The number of nitrogens with zero attached hydrogens (tertiary/aromatic N) is 3. The van der Waals surface area contributed by atoms with E-state index in [0.717, 1.165) is 23.2 Å². The van der Waals surface area contributed by atoms with Crippen LogP contribution in [0.2, 0.25) is 0 Å². The van der Waals surface area contributed by atoms with E-state index in [1.165, 1.54) is 6.08 Å². The molecule has 1 amide bonds. The number of aromatic nitrogens is 3. The lowest BCUT2D eigenvalue weighted by Crippen LogP contribution is -2.37. The smallest absolute Gasteiger partial charge is 0.247 e. The minimum absolute atomic E-state index is 0.302. The number of fused-ring (bicyclic) bond motifs is 1. The Morgan fingerprint density at radius 2 is 2.00 bits per heavy atom. The Bertz CT molecular complexity index is 1410. The van der Waals surface area contributed by atoms with Gasteiger partial charge < -0.3 is 15.0 Å². The van der Waals surface area contributed by atoms with E-state index in [4.69, 9.17) is 9.72 Å². The molecule has 4 N–H and O–H groups in total. The quantitative estimate of drug-likeness (QED) is 0.257. The van der Waals surface area contributed by atoms with Crippen LogP contribution in [0.3, 0.4) is 0 Å². The molecule has 9 nitrogen and oxygen atoms in total. The molecule has 2 aromatic carbocycles. The molecule has 2 aromatic heterocycles. The molecule has 4 aromatic rings. The fraction of sp³-hybridized carbons (Fsp3) is 0.192. The number of amides is 1. The molecule has 1 aliphatic rings. The van der Waals surface area contributed by atoms with Crippen LogP contribution in [0.15, 0.2) is 73.6 Å². The number of anilines is 1. The van der Waals surface area contributed by atoms with E-state index in [1.807, 2.05) is 18.3 Å². The van der Waals surface area contributed by atoms with Gasteiger partial charge in [0.25, 0.3) is 0 Å². The number of rotatable bonds is 7. The van der Waals surface area contributed by atoms with E-state index >= 15 is 0 Å². The Balaban J connectivity index is 1.36. The fourth-order valence-corrected chi connectivity index (χ4v) is 5.42. The van der Waals surface area contributed by atoms with Crippen molar-refractivity contribution in [1.82, 2.24) is 19.9 Å². The predicted octanol–water partition coefficient (Wildman–Crippen LogP) is 5.11. The lowest BCUT2D eigenvalue weighted by molar-refractivity contribution is -0.111. The van der Waals surface area contributed by atoms with Gasteiger partial charge in [-0.1, -0.05) is 30.8 Å². The molecule has 10 heteroatoms. The molecule has 0 bridgehead atoms. The number of carbonyl (C=O) groups excluding carboxylic acids is 1. The van der Waals surface area contributed by atoms with Gasteiger partial charge in [0.05, 0.1) is 17.7 Å². The number of aromatic amines is 1. The van der Waals surface area contributed by atoms with Crippen LogP contribution in [0.5, 0.6) is 11.6 Å². The van der Waals surface area contributed by atoms with Gasteiger partial charge in [-0.15, -0.1) is 0 Å². The summed E-state index contributed by atoms with van der Waals surface area (Å²) in [5.41, 5.74) is 4.97. The molecular weight excluding hydrogens is 478 g/mol. The van der Waals surface area contributed by atoms with Gasteiger partial charge in [-0.05, 0) is 35.4 Å². The lowest BCUT2D eigenvalue weighted by atomic mass is 10.0. The minimum Gasteiger partial charge on any atom is -0.437 e. The Labute approximate surface area is 210 Å². The first-order chi connectivity index (χ1) is 17.4. The molecule has 0 atom stereocenters. The summed E-state index contributed by atoms with van der Waals surface area (Å²) in [6, 6.07) is 15.2. The summed E-state index contributed by atoms with van der Waals surface area (Å²) in [5.74, 6) is 1.40. The number of carbonyl (C=O) groups is 1. The molecular formula is C26H27N5O4S. The first-order valence-corrected chi connectivity index (χ1v) is 13.4. The number of hydrogen-bond acceptors (Lipinski definition) is 7. The maximum absolute atomic E-state index is 11.6. The topological polar surface area (TPSA) is 124 Å². The van der Waals surface area contributed by atoms with Crippen molar-refractivity contribution < 1.29 is 18.6 Å². The first-order valence-electron chi connectivity index (χ1n) is 11.5. The average Bonchev–Trinajstić information content (AvgIpc) is 3.29. The van der Waals surface area contributed by atoms with Crippen molar-refractivity contribution in [2.75, 3.05) is 29.9 Å². The van der Waals surface area contributed by atoms with E-state index in [2.05, 4.69) is 38.9 Å². The highest BCUT2D eigenvalue weighted by atomic mass is 32.3. The molecule has 0 radical (unpaired) electrons. The standard InChI is InChI=1S/C26H27N5O4S/c1-2-23(32)29-20-7-4-8-21(14-20)35-24-16-28-26-25(30-24)22(15-27-26)19-6-3-5-18(13-19)17-31-9-11-36(33,34)12-10-31/h2-8,13-16,33-34H,1,9-12,17H2,(H,27,28)(H,29,32). The molecule has 3 heterocycles. The summed E-state index contributed by atoms with van der Waals surface area (Å²) in [6.45, 7) is 5.54. The molecule has 1 fully saturated rings. The van der Waals surface area contributed by atoms with Gasteiger partial charge >= 0.3 is 0 Å². The van der Waals surface area contributed by atoms with Gasteiger partial charge in [-0.2, -0.15) is 10.6 Å². The number of H-pyrrole nitrogens is 1. The second kappa shape index (κ2) is 10.1. The second-order valence-electron chi connectivity index (χ2n) is 8.62. The SMILES string of the molecule is C=CC(=O)Nc1cccc(Oc2cnc3[nH]cc(-c4cccc(CN5CCS(O)(O)CC5)c4)c3n2)c1. The van der Waals surface area contributed by atoms with Gasteiger partial charge in [0.2, 0.25) is 11.8 Å². The lowest BCUT2D eigenvalue weighted by Gasteiger charge is -2.41. The highest BCUT2D eigenvalue weighted by Gasteiger charge is 2.22. The van der Waals surface area contributed by atoms with Crippen LogP contribution in [-0.4, -0.2) is 59.5 Å². The van der Waals surface area contributed by atoms with Crippen molar-refractivity contribution in [1.29, 1.82) is 0 Å². The zero-order valence-electron chi connectivity index (χ0n) is 19.6. The third-order valence-electron chi connectivity index (χ3n) is 5.98. The number of benzene rings is 2. The van der Waals surface area contributed by atoms with Gasteiger partial charge in [-0.3, -0.25) is 18.8 Å². The Morgan fingerprint density at radius 1 is 1.19 bits per heavy atom. The van der Waals surface area contributed by atoms with Crippen molar-refractivity contribution in [3.63, 3.8) is 0 Å². The normalized spacial score (nSPS) is 16.4. The summed E-state index contributed by atoms with van der Waals surface area (Å²) in [4.78, 5) is 26.1. The van der Waals surface area contributed by atoms with Gasteiger partial charge in [0.15, 0.2) is 5.65 Å². The molecule has 0 aliphatic carbocycles. The van der Waals surface area contributed by atoms with Crippen LogP contribution in [-0.2, 0) is 11.3 Å². The number of ether oxygens (including phenoxy) is 1. The van der Waals surface area contributed by atoms with Crippen LogP contribution < -0.4 is 10.1 Å². The zero-order chi connectivity index (χ0) is 25.1. The van der Waals surface area contributed by atoms with Crippen LogP contribution in [0.4, 0.5) is 5.69 Å². The van der Waals surface area contributed by atoms with Crippen molar-refractivity contribution in [3.8, 4) is 22.8 Å². The summed E-state index contributed by atoms with van der Waals surface area (Å²) in [7, 11) is -2.41. The number of nitrogens with one attached hydrogen (secondary N) is 2. The predicted molar refractivity (Wildman–Crippen MR) is 143 cm³/mol. The monoisotopic (exact) mass is 505 g/mol. The Hall–Kier alpha value is -3.70. The molecule has 0 spiro atoms. The maximum atomic E-state index is 11.6. The molecule has 0 unspecified atom stereocenters. The third-order valence-corrected chi connectivity index (χ3v) is 7.65. The molecule has 1 saturated heterocycles. The maximum Gasteiger partial charge on any atom is 0.247 e. The van der Waals surface area contributed by atoms with Crippen molar-refractivity contribution in [3.05, 3.63) is 79.1 Å². The highest BCUT2D eigenvalue weighted by molar-refractivity contribution is 8.24. The van der Waals surface area contributed by atoms with Crippen LogP contribution in [0.25, 0.3) is 22.3 Å². The minimum atomic E-state index is -2.41. The van der Waals surface area contributed by atoms with Crippen LogP contribution in [0.1, 0.15) is 5.56 Å². The number of hydrogen-bond donors (Lipinski definition) is 4. The van der Waals surface area contributed by atoms with Crippen LogP contribution in [0, 0.1) is 0 Å². The highest BCUT2D eigenvalue weighted by Crippen LogP contribution is 2.40.